The second kappa shape index (κ2) is 14.0. The molecule has 1 aromatic heterocycles. The number of nitrogens with zero attached hydrogens (tertiary/aromatic N) is 4. The molecule has 14 heteroatoms. The lowest BCUT2D eigenvalue weighted by atomic mass is 9.93. The highest BCUT2D eigenvalue weighted by molar-refractivity contribution is 7.11. The first-order chi connectivity index (χ1) is 20.8. The van der Waals surface area contributed by atoms with E-state index < -0.39 is 35.1 Å². The highest BCUT2D eigenvalue weighted by atomic mass is 35.5. The molecular weight excluding hydrogens is 611 g/mol. The Morgan fingerprint density at radius 3 is 2.66 bits per heavy atom. The molecule has 0 saturated carbocycles. The normalized spacial score (nSPS) is 21.4. The summed E-state index contributed by atoms with van der Waals surface area (Å²) in [6, 6.07) is 3.41. The maximum atomic E-state index is 14.6. The van der Waals surface area contributed by atoms with Gasteiger partial charge in [-0.3, -0.25) is 24.9 Å². The van der Waals surface area contributed by atoms with Gasteiger partial charge in [0.25, 0.3) is 0 Å². The minimum atomic E-state index is -1.44. The van der Waals surface area contributed by atoms with E-state index in [0.717, 1.165) is 0 Å². The van der Waals surface area contributed by atoms with Gasteiger partial charge >= 0.3 is 11.9 Å². The fourth-order valence-corrected chi connectivity index (χ4v) is 6.17. The number of halogens is 2. The smallest absolute Gasteiger partial charge is 0.338 e. The van der Waals surface area contributed by atoms with E-state index in [1.54, 1.807) is 40.0 Å². The first-order valence-electron chi connectivity index (χ1n) is 14.6. The molecule has 0 bridgehead atoms. The monoisotopic (exact) mass is 650 g/mol. The van der Waals surface area contributed by atoms with Crippen LogP contribution in [0.3, 0.4) is 0 Å². The molecule has 0 aliphatic carbocycles. The number of benzene rings is 1. The van der Waals surface area contributed by atoms with E-state index in [1.807, 2.05) is 17.2 Å². The molecule has 1 aromatic carbocycles. The standard InChI is InChI=1S/C30H40ClFN6O5S/c1-6-18-15-37(12-13-38(18)30(5,42)34-17-29(3,4)28(40)41)16-21-22(27(39)43-7-2)24(19-9-8-10-20(32)23(19)31)36-25(35-21)26-33-11-14-44-26/h8-11,14,18,24,34,42H,6-7,12-13,15-17H2,1-5H3,(H,35,36)(H,40,41)/t18-,24+,30+/m1/s1. The van der Waals surface area contributed by atoms with Crippen LogP contribution in [0.5, 0.6) is 0 Å². The van der Waals surface area contributed by atoms with Crippen LogP contribution in [0.15, 0.2) is 46.0 Å². The summed E-state index contributed by atoms with van der Waals surface area (Å²) >= 11 is 7.80. The topological polar surface area (TPSA) is 140 Å². The quantitative estimate of drug-likeness (QED) is 0.199. The van der Waals surface area contributed by atoms with Crippen molar-refractivity contribution in [1.29, 1.82) is 0 Å². The van der Waals surface area contributed by atoms with Crippen molar-refractivity contribution >= 4 is 40.7 Å². The van der Waals surface area contributed by atoms with E-state index >= 15 is 0 Å². The van der Waals surface area contributed by atoms with Crippen LogP contribution in [0.2, 0.25) is 5.02 Å². The third kappa shape index (κ3) is 7.47. The Balaban J connectivity index is 1.65. The van der Waals surface area contributed by atoms with Gasteiger partial charge in [0.1, 0.15) is 11.9 Å². The molecule has 3 atom stereocenters. The molecule has 2 aromatic rings. The molecular formula is C30H40ClFN6O5S. The first-order valence-corrected chi connectivity index (χ1v) is 15.8. The number of aromatic nitrogens is 1. The van der Waals surface area contributed by atoms with Gasteiger partial charge in [0.2, 0.25) is 0 Å². The van der Waals surface area contributed by atoms with Crippen molar-refractivity contribution in [3.63, 3.8) is 0 Å². The lowest BCUT2D eigenvalue weighted by Gasteiger charge is -2.49. The largest absolute Gasteiger partial charge is 0.481 e. The Morgan fingerprint density at radius 2 is 2.02 bits per heavy atom. The SMILES string of the molecule is CCOC(=O)C1=C(CN2CCN([C@@](C)(O)NCC(C)(C)C(=O)O)[C@H](CC)C2)NC(c2nccs2)=N[C@H]1c1cccc(F)c1Cl. The number of carboxylic acids is 1. The number of thiazole rings is 1. The zero-order valence-electron chi connectivity index (χ0n) is 25.6. The zero-order valence-corrected chi connectivity index (χ0v) is 27.1. The van der Waals surface area contributed by atoms with Crippen molar-refractivity contribution in [2.75, 3.05) is 39.3 Å². The molecule has 0 spiro atoms. The van der Waals surface area contributed by atoms with E-state index in [9.17, 15) is 24.2 Å². The summed E-state index contributed by atoms with van der Waals surface area (Å²) in [7, 11) is 0. The molecule has 0 radical (unpaired) electrons. The first kappa shape index (κ1) is 33.9. The van der Waals surface area contributed by atoms with Gasteiger partial charge < -0.3 is 20.3 Å². The predicted octanol–water partition coefficient (Wildman–Crippen LogP) is 3.61. The zero-order chi connectivity index (χ0) is 32.2. The Labute approximate surface area is 265 Å². The van der Waals surface area contributed by atoms with Crippen molar-refractivity contribution in [2.24, 2.45) is 10.4 Å². The number of amidine groups is 1. The van der Waals surface area contributed by atoms with Crippen molar-refractivity contribution < 1.29 is 28.9 Å². The summed E-state index contributed by atoms with van der Waals surface area (Å²) in [5, 5.41) is 29.5. The minimum Gasteiger partial charge on any atom is -0.481 e. The van der Waals surface area contributed by atoms with E-state index in [2.05, 4.69) is 20.5 Å². The number of carboxylic acid groups (broad SMARTS) is 1. The fourth-order valence-electron chi connectivity index (χ4n) is 5.35. The number of ether oxygens (including phenoxy) is 1. The van der Waals surface area contributed by atoms with Crippen molar-refractivity contribution in [3.05, 3.63) is 62.5 Å². The summed E-state index contributed by atoms with van der Waals surface area (Å²) in [5.41, 5.74) is 0.0593. The van der Waals surface area contributed by atoms with Crippen LogP contribution < -0.4 is 10.6 Å². The van der Waals surface area contributed by atoms with E-state index in [4.69, 9.17) is 21.3 Å². The Morgan fingerprint density at radius 1 is 1.27 bits per heavy atom. The molecule has 240 valence electrons. The van der Waals surface area contributed by atoms with Gasteiger partial charge in [-0.25, -0.2) is 14.2 Å². The van der Waals surface area contributed by atoms with Crippen LogP contribution in [0, 0.1) is 11.2 Å². The van der Waals surface area contributed by atoms with Crippen molar-refractivity contribution in [1.82, 2.24) is 25.4 Å². The third-order valence-electron chi connectivity index (χ3n) is 7.96. The molecule has 1 saturated heterocycles. The molecule has 11 nitrogen and oxygen atoms in total. The average molecular weight is 651 g/mol. The summed E-state index contributed by atoms with van der Waals surface area (Å²) < 4.78 is 20.1. The Kier molecular flexibility index (Phi) is 10.8. The number of rotatable bonds is 12. The number of carbonyl (C=O) groups is 2. The molecule has 0 unspecified atom stereocenters. The van der Waals surface area contributed by atoms with Gasteiger partial charge in [-0.2, -0.15) is 0 Å². The number of esters is 1. The second-order valence-electron chi connectivity index (χ2n) is 11.7. The van der Waals surface area contributed by atoms with Gasteiger partial charge in [0.05, 0.1) is 22.6 Å². The third-order valence-corrected chi connectivity index (χ3v) is 9.13. The number of aliphatic imine (C=N–C) groups is 1. The number of piperazine rings is 1. The summed E-state index contributed by atoms with van der Waals surface area (Å²) in [6.07, 6.45) is 2.36. The number of hydrogen-bond acceptors (Lipinski definition) is 11. The molecule has 0 amide bonds. The second-order valence-corrected chi connectivity index (χ2v) is 12.9. The fraction of sp³-hybridized carbons (Fsp3) is 0.533. The Hall–Kier alpha value is -2.94. The van der Waals surface area contributed by atoms with Gasteiger partial charge in [0.15, 0.2) is 16.7 Å². The molecule has 2 aliphatic heterocycles. The highest BCUT2D eigenvalue weighted by Crippen LogP contribution is 2.37. The van der Waals surface area contributed by atoms with Crippen molar-refractivity contribution in [2.45, 2.75) is 59.0 Å². The Bertz CT molecular complexity index is 1420. The van der Waals surface area contributed by atoms with Crippen LogP contribution in [-0.2, 0) is 14.3 Å². The van der Waals surface area contributed by atoms with E-state index in [-0.39, 0.29) is 29.8 Å². The molecule has 1 fully saturated rings. The molecule has 4 rings (SSSR count). The molecule has 44 heavy (non-hydrogen) atoms. The summed E-state index contributed by atoms with van der Waals surface area (Å²) in [4.78, 5) is 38.4. The average Bonchev–Trinajstić information content (AvgIpc) is 3.52. The van der Waals surface area contributed by atoms with Crippen molar-refractivity contribution in [3.8, 4) is 0 Å². The van der Waals surface area contributed by atoms with Crippen LogP contribution in [0.4, 0.5) is 4.39 Å². The number of aliphatic hydroxyl groups is 1. The maximum absolute atomic E-state index is 14.6. The minimum absolute atomic E-state index is 0.0780. The lowest BCUT2D eigenvalue weighted by molar-refractivity contribution is -0.164. The number of nitrogens with one attached hydrogen (secondary N) is 2. The van der Waals surface area contributed by atoms with Gasteiger partial charge in [0, 0.05) is 61.6 Å². The number of aliphatic carboxylic acids is 1. The van der Waals surface area contributed by atoms with Crippen LogP contribution in [0.1, 0.15) is 57.7 Å². The molecule has 3 heterocycles. The van der Waals surface area contributed by atoms with Gasteiger partial charge in [-0.15, -0.1) is 11.3 Å². The van der Waals surface area contributed by atoms with Crippen LogP contribution in [-0.4, -0.2) is 94.0 Å². The van der Waals surface area contributed by atoms with Gasteiger partial charge in [-0.1, -0.05) is 30.7 Å². The predicted molar refractivity (Wildman–Crippen MR) is 167 cm³/mol. The summed E-state index contributed by atoms with van der Waals surface area (Å²) in [6.45, 7) is 10.7. The number of hydrogen-bond donors (Lipinski definition) is 4. The van der Waals surface area contributed by atoms with Gasteiger partial charge in [-0.05, 0) is 40.2 Å². The van der Waals surface area contributed by atoms with Crippen LogP contribution >= 0.6 is 22.9 Å². The highest BCUT2D eigenvalue weighted by Gasteiger charge is 2.41. The maximum Gasteiger partial charge on any atom is 0.338 e. The summed E-state index contributed by atoms with van der Waals surface area (Å²) in [5.74, 6) is -3.16. The van der Waals surface area contributed by atoms with E-state index in [1.165, 1.54) is 23.5 Å². The molecule has 4 N–H and O–H groups in total. The lowest BCUT2D eigenvalue weighted by Crippen LogP contribution is -2.67. The number of carbonyl (C=O) groups excluding carboxylic acids is 1. The molecule has 2 aliphatic rings. The van der Waals surface area contributed by atoms with Crippen LogP contribution in [0.25, 0.3) is 0 Å². The van der Waals surface area contributed by atoms with E-state index in [0.29, 0.717) is 54.7 Å².